The zero-order valence-corrected chi connectivity index (χ0v) is 15.4. The molecule has 4 rings (SSSR count). The van der Waals surface area contributed by atoms with Crippen molar-refractivity contribution in [1.29, 1.82) is 0 Å². The van der Waals surface area contributed by atoms with E-state index in [1.807, 2.05) is 35.9 Å². The molecule has 0 saturated heterocycles. The van der Waals surface area contributed by atoms with Crippen LogP contribution in [0.15, 0.2) is 42.6 Å². The van der Waals surface area contributed by atoms with E-state index in [1.165, 1.54) is 0 Å². The van der Waals surface area contributed by atoms with E-state index in [4.69, 9.17) is 0 Å². The summed E-state index contributed by atoms with van der Waals surface area (Å²) >= 11 is 0. The van der Waals surface area contributed by atoms with Crippen LogP contribution in [-0.2, 0) is 11.3 Å². The zero-order chi connectivity index (χ0) is 18.8. The lowest BCUT2D eigenvalue weighted by Gasteiger charge is -2.24. The SMILES string of the molecule is Cc1nn(Cc2ccccc2)c2ncc(NC(=O)C3CCCC(O)C3)cc12. The van der Waals surface area contributed by atoms with Gasteiger partial charge in [0.2, 0.25) is 5.91 Å². The Kier molecular flexibility index (Phi) is 4.90. The molecule has 1 fully saturated rings. The van der Waals surface area contributed by atoms with Gasteiger partial charge in [0.1, 0.15) is 0 Å². The third-order valence-corrected chi connectivity index (χ3v) is 5.23. The standard InChI is InChI=1S/C21H24N4O2/c1-14-19-11-17(23-21(27)16-8-5-9-18(26)10-16)12-22-20(19)25(24-14)13-15-6-3-2-4-7-15/h2-4,6-7,11-12,16,18,26H,5,8-10,13H2,1H3,(H,23,27). The molecular formula is C21H24N4O2. The van der Waals surface area contributed by atoms with Gasteiger partial charge in [0, 0.05) is 11.3 Å². The summed E-state index contributed by atoms with van der Waals surface area (Å²) in [5.74, 6) is -0.171. The highest BCUT2D eigenvalue weighted by molar-refractivity contribution is 5.94. The summed E-state index contributed by atoms with van der Waals surface area (Å²) in [5.41, 5.74) is 3.53. The van der Waals surface area contributed by atoms with Crippen LogP contribution in [0, 0.1) is 12.8 Å². The van der Waals surface area contributed by atoms with Crippen molar-refractivity contribution < 1.29 is 9.90 Å². The van der Waals surface area contributed by atoms with Gasteiger partial charge in [-0.05, 0) is 37.8 Å². The molecule has 1 aliphatic rings. The molecule has 2 aromatic heterocycles. The number of pyridine rings is 1. The lowest BCUT2D eigenvalue weighted by Crippen LogP contribution is -2.30. The van der Waals surface area contributed by atoms with Gasteiger partial charge in [0.15, 0.2) is 5.65 Å². The summed E-state index contributed by atoms with van der Waals surface area (Å²) in [4.78, 5) is 17.1. The molecule has 1 aliphatic carbocycles. The van der Waals surface area contributed by atoms with Crippen LogP contribution in [0.1, 0.15) is 36.9 Å². The number of anilines is 1. The minimum absolute atomic E-state index is 0.0377. The Balaban J connectivity index is 1.54. The fraction of sp³-hybridized carbons (Fsp3) is 0.381. The smallest absolute Gasteiger partial charge is 0.227 e. The van der Waals surface area contributed by atoms with Crippen LogP contribution in [-0.4, -0.2) is 31.9 Å². The highest BCUT2D eigenvalue weighted by Gasteiger charge is 2.26. The van der Waals surface area contributed by atoms with Crippen LogP contribution >= 0.6 is 0 Å². The lowest BCUT2D eigenvalue weighted by atomic mass is 9.86. The first kappa shape index (κ1) is 17.7. The molecule has 3 aromatic rings. The number of rotatable bonds is 4. The average molecular weight is 364 g/mol. The zero-order valence-electron chi connectivity index (χ0n) is 15.4. The Morgan fingerprint density at radius 2 is 2.11 bits per heavy atom. The fourth-order valence-corrected chi connectivity index (χ4v) is 3.79. The Hall–Kier alpha value is -2.73. The number of carbonyl (C=O) groups excluding carboxylic acids is 1. The molecular weight excluding hydrogens is 340 g/mol. The molecule has 1 amide bonds. The van der Waals surface area contributed by atoms with Gasteiger partial charge in [0.25, 0.3) is 0 Å². The van der Waals surface area contributed by atoms with Crippen molar-refractivity contribution in [1.82, 2.24) is 14.8 Å². The summed E-state index contributed by atoms with van der Waals surface area (Å²) < 4.78 is 1.89. The first-order valence-corrected chi connectivity index (χ1v) is 9.46. The predicted octanol–water partition coefficient (Wildman–Crippen LogP) is 3.28. The first-order chi connectivity index (χ1) is 13.1. The number of aryl methyl sites for hydroxylation is 1. The lowest BCUT2D eigenvalue weighted by molar-refractivity contribution is -0.122. The van der Waals surface area contributed by atoms with E-state index in [0.29, 0.717) is 18.7 Å². The monoisotopic (exact) mass is 364 g/mol. The summed E-state index contributed by atoms with van der Waals surface area (Å²) in [5, 5.41) is 18.3. The van der Waals surface area contributed by atoms with Gasteiger partial charge in [-0.15, -0.1) is 0 Å². The van der Waals surface area contributed by atoms with Gasteiger partial charge >= 0.3 is 0 Å². The molecule has 0 radical (unpaired) electrons. The van der Waals surface area contributed by atoms with Crippen molar-refractivity contribution >= 4 is 22.6 Å². The normalized spacial score (nSPS) is 19.9. The van der Waals surface area contributed by atoms with Gasteiger partial charge < -0.3 is 10.4 Å². The molecule has 2 unspecified atom stereocenters. The Morgan fingerprint density at radius 3 is 2.89 bits per heavy atom. The molecule has 6 heteroatoms. The Bertz CT molecular complexity index is 951. The van der Waals surface area contributed by atoms with Crippen molar-refractivity contribution in [3.8, 4) is 0 Å². The number of nitrogens with one attached hydrogen (secondary N) is 1. The van der Waals surface area contributed by atoms with Crippen LogP contribution in [0.3, 0.4) is 0 Å². The molecule has 2 heterocycles. The number of benzene rings is 1. The van der Waals surface area contributed by atoms with E-state index in [-0.39, 0.29) is 17.9 Å². The number of fused-ring (bicyclic) bond motifs is 1. The largest absolute Gasteiger partial charge is 0.393 e. The van der Waals surface area contributed by atoms with E-state index < -0.39 is 0 Å². The van der Waals surface area contributed by atoms with Gasteiger partial charge in [-0.1, -0.05) is 36.8 Å². The molecule has 0 aliphatic heterocycles. The number of amides is 1. The molecule has 0 bridgehead atoms. The van der Waals surface area contributed by atoms with E-state index in [0.717, 1.165) is 41.6 Å². The Morgan fingerprint density at radius 1 is 1.30 bits per heavy atom. The molecule has 1 saturated carbocycles. The second kappa shape index (κ2) is 7.48. The van der Waals surface area contributed by atoms with E-state index >= 15 is 0 Å². The number of nitrogens with zero attached hydrogens (tertiary/aromatic N) is 3. The van der Waals surface area contributed by atoms with Crippen molar-refractivity contribution in [3.63, 3.8) is 0 Å². The van der Waals surface area contributed by atoms with Crippen LogP contribution in [0.2, 0.25) is 0 Å². The topological polar surface area (TPSA) is 80.0 Å². The number of carbonyl (C=O) groups is 1. The third-order valence-electron chi connectivity index (χ3n) is 5.23. The third kappa shape index (κ3) is 3.85. The van der Waals surface area contributed by atoms with Crippen LogP contribution in [0.25, 0.3) is 11.0 Å². The second-order valence-corrected chi connectivity index (χ2v) is 7.33. The quantitative estimate of drug-likeness (QED) is 0.744. The summed E-state index contributed by atoms with van der Waals surface area (Å²) in [7, 11) is 0. The van der Waals surface area contributed by atoms with Gasteiger partial charge in [0.05, 0.1) is 30.2 Å². The second-order valence-electron chi connectivity index (χ2n) is 7.33. The molecule has 2 atom stereocenters. The minimum Gasteiger partial charge on any atom is -0.393 e. The van der Waals surface area contributed by atoms with Crippen molar-refractivity contribution in [2.24, 2.45) is 5.92 Å². The van der Waals surface area contributed by atoms with Crippen LogP contribution in [0.5, 0.6) is 0 Å². The maximum Gasteiger partial charge on any atom is 0.227 e. The van der Waals surface area contributed by atoms with Crippen LogP contribution < -0.4 is 5.32 Å². The highest BCUT2D eigenvalue weighted by atomic mass is 16.3. The Labute approximate surface area is 158 Å². The number of aliphatic hydroxyl groups is 1. The van der Waals surface area contributed by atoms with Crippen LogP contribution in [0.4, 0.5) is 5.69 Å². The molecule has 27 heavy (non-hydrogen) atoms. The average Bonchev–Trinajstić information content (AvgIpc) is 2.98. The molecule has 1 aromatic carbocycles. The maximum absolute atomic E-state index is 12.5. The van der Waals surface area contributed by atoms with Crippen molar-refractivity contribution in [2.45, 2.75) is 45.3 Å². The van der Waals surface area contributed by atoms with E-state index in [2.05, 4.69) is 27.5 Å². The van der Waals surface area contributed by atoms with E-state index in [1.54, 1.807) is 6.20 Å². The highest BCUT2D eigenvalue weighted by Crippen LogP contribution is 2.26. The first-order valence-electron chi connectivity index (χ1n) is 9.46. The van der Waals surface area contributed by atoms with Gasteiger partial charge in [-0.2, -0.15) is 5.10 Å². The van der Waals surface area contributed by atoms with Gasteiger partial charge in [-0.3, -0.25) is 4.79 Å². The number of hydrogen-bond acceptors (Lipinski definition) is 4. The molecule has 0 spiro atoms. The number of aromatic nitrogens is 3. The van der Waals surface area contributed by atoms with Crippen molar-refractivity contribution in [3.05, 3.63) is 53.9 Å². The van der Waals surface area contributed by atoms with Crippen molar-refractivity contribution in [2.75, 3.05) is 5.32 Å². The van der Waals surface area contributed by atoms with E-state index in [9.17, 15) is 9.90 Å². The predicted molar refractivity (Wildman–Crippen MR) is 104 cm³/mol. The van der Waals surface area contributed by atoms with Gasteiger partial charge in [-0.25, -0.2) is 9.67 Å². The minimum atomic E-state index is -0.367. The molecule has 2 N–H and O–H groups in total. The summed E-state index contributed by atoms with van der Waals surface area (Å²) in [6.45, 7) is 2.61. The molecule has 140 valence electrons. The maximum atomic E-state index is 12.5. The molecule has 6 nitrogen and oxygen atoms in total. The summed E-state index contributed by atoms with van der Waals surface area (Å²) in [6, 6.07) is 12.1. The number of hydrogen-bond donors (Lipinski definition) is 2. The fourth-order valence-electron chi connectivity index (χ4n) is 3.79. The summed E-state index contributed by atoms with van der Waals surface area (Å²) in [6.07, 6.45) is 4.36. The number of aliphatic hydroxyl groups excluding tert-OH is 1.